The number of piperazine rings is 1. The Labute approximate surface area is 178 Å². The van der Waals surface area contributed by atoms with Crippen LogP contribution in [-0.4, -0.2) is 59.6 Å². The Morgan fingerprint density at radius 3 is 2.23 bits per heavy atom. The Kier molecular flexibility index (Phi) is 6.87. The van der Waals surface area contributed by atoms with Crippen LogP contribution in [-0.2, 0) is 23.8 Å². The van der Waals surface area contributed by atoms with Crippen LogP contribution < -0.4 is 5.32 Å². The van der Waals surface area contributed by atoms with Gasteiger partial charge in [0.15, 0.2) is 0 Å². The molecule has 0 unspecified atom stereocenters. The van der Waals surface area contributed by atoms with Crippen molar-refractivity contribution in [3.8, 4) is 0 Å². The Morgan fingerprint density at radius 1 is 1.06 bits per heavy atom. The Balaban J connectivity index is 1.40. The molecular formula is C21H25F3N4O3. The van der Waals surface area contributed by atoms with Gasteiger partial charge in [-0.15, -0.1) is 0 Å². The maximum Gasteiger partial charge on any atom is 0.416 e. The van der Waals surface area contributed by atoms with Gasteiger partial charge in [0.05, 0.1) is 17.7 Å². The van der Waals surface area contributed by atoms with Gasteiger partial charge in [-0.3, -0.25) is 4.79 Å². The summed E-state index contributed by atoms with van der Waals surface area (Å²) in [4.78, 5) is 28.2. The van der Waals surface area contributed by atoms with Gasteiger partial charge in [0.2, 0.25) is 5.91 Å². The van der Waals surface area contributed by atoms with E-state index in [0.717, 1.165) is 17.7 Å². The summed E-state index contributed by atoms with van der Waals surface area (Å²) in [6.45, 7) is 5.60. The van der Waals surface area contributed by atoms with Crippen LogP contribution in [0.1, 0.15) is 28.1 Å². The van der Waals surface area contributed by atoms with Crippen molar-refractivity contribution < 1.29 is 27.3 Å². The first-order chi connectivity index (χ1) is 14.6. The van der Waals surface area contributed by atoms with Crippen molar-refractivity contribution in [3.05, 3.63) is 52.4 Å². The van der Waals surface area contributed by atoms with Crippen LogP contribution in [0.3, 0.4) is 0 Å². The summed E-state index contributed by atoms with van der Waals surface area (Å²) in [6, 6.07) is 4.66. The first-order valence-corrected chi connectivity index (χ1v) is 10.0. The molecule has 7 nitrogen and oxygen atoms in total. The van der Waals surface area contributed by atoms with Crippen molar-refractivity contribution in [1.82, 2.24) is 20.3 Å². The van der Waals surface area contributed by atoms with E-state index in [0.29, 0.717) is 56.2 Å². The number of alkyl halides is 3. The number of aryl methyl sites for hydroxylation is 2. The van der Waals surface area contributed by atoms with E-state index in [1.807, 2.05) is 0 Å². The van der Waals surface area contributed by atoms with Gasteiger partial charge in [-0.25, -0.2) is 4.79 Å². The molecule has 1 aromatic heterocycles. The molecule has 0 atom stereocenters. The van der Waals surface area contributed by atoms with Gasteiger partial charge in [0, 0.05) is 38.3 Å². The maximum absolute atomic E-state index is 12.6. The fourth-order valence-electron chi connectivity index (χ4n) is 3.46. The SMILES string of the molecule is Cc1noc(C)c1CC(=O)N1CCN(C(=O)NCCc2ccc(C(F)(F)F)cc2)CC1. The number of amides is 3. The number of urea groups is 1. The largest absolute Gasteiger partial charge is 0.416 e. The first kappa shape index (κ1) is 22.6. The number of nitrogens with one attached hydrogen (secondary N) is 1. The molecule has 3 rings (SSSR count). The molecule has 10 heteroatoms. The van der Waals surface area contributed by atoms with Gasteiger partial charge in [0.25, 0.3) is 0 Å². The molecule has 0 spiro atoms. The highest BCUT2D eigenvalue weighted by molar-refractivity contribution is 5.80. The molecule has 1 aliphatic heterocycles. The minimum atomic E-state index is -4.36. The Morgan fingerprint density at radius 2 is 1.68 bits per heavy atom. The number of nitrogens with zero attached hydrogens (tertiary/aromatic N) is 3. The molecule has 1 saturated heterocycles. The van der Waals surface area contributed by atoms with E-state index in [1.165, 1.54) is 12.1 Å². The van der Waals surface area contributed by atoms with E-state index in [2.05, 4.69) is 10.5 Å². The third-order valence-electron chi connectivity index (χ3n) is 5.40. The van der Waals surface area contributed by atoms with Gasteiger partial charge in [-0.1, -0.05) is 17.3 Å². The van der Waals surface area contributed by atoms with Crippen LogP contribution in [0.4, 0.5) is 18.0 Å². The molecule has 168 valence electrons. The van der Waals surface area contributed by atoms with Gasteiger partial charge in [0.1, 0.15) is 5.76 Å². The number of hydrogen-bond acceptors (Lipinski definition) is 4. The molecule has 2 aromatic rings. The van der Waals surface area contributed by atoms with Gasteiger partial charge < -0.3 is 19.6 Å². The van der Waals surface area contributed by atoms with Crippen molar-refractivity contribution in [1.29, 1.82) is 0 Å². The molecule has 1 aliphatic rings. The van der Waals surface area contributed by atoms with Crippen molar-refractivity contribution in [2.45, 2.75) is 32.9 Å². The molecule has 3 amide bonds. The zero-order valence-electron chi connectivity index (χ0n) is 17.5. The number of benzene rings is 1. The van der Waals surface area contributed by atoms with Gasteiger partial charge >= 0.3 is 12.2 Å². The quantitative estimate of drug-likeness (QED) is 0.779. The lowest BCUT2D eigenvalue weighted by Gasteiger charge is -2.34. The predicted octanol–water partition coefficient (Wildman–Crippen LogP) is 2.95. The van der Waals surface area contributed by atoms with Gasteiger partial charge in [-0.05, 0) is 38.0 Å². The summed E-state index contributed by atoms with van der Waals surface area (Å²) in [5.41, 5.74) is 1.52. The average Bonchev–Trinajstić information content (AvgIpc) is 3.05. The highest BCUT2D eigenvalue weighted by Crippen LogP contribution is 2.29. The van der Waals surface area contributed by atoms with Crippen molar-refractivity contribution in [2.75, 3.05) is 32.7 Å². The molecule has 1 fully saturated rings. The van der Waals surface area contributed by atoms with E-state index in [1.54, 1.807) is 23.6 Å². The first-order valence-electron chi connectivity index (χ1n) is 10.0. The standard InChI is InChI=1S/C21H25F3N4O3/c1-14-18(15(2)31-26-14)13-19(29)27-9-11-28(12-10-27)20(30)25-8-7-16-3-5-17(6-4-16)21(22,23)24/h3-6H,7-13H2,1-2H3,(H,25,30). The van der Waals surface area contributed by atoms with Crippen LogP contribution in [0, 0.1) is 13.8 Å². The van der Waals surface area contributed by atoms with Crippen molar-refractivity contribution in [2.24, 2.45) is 0 Å². The molecular weight excluding hydrogens is 413 g/mol. The van der Waals surface area contributed by atoms with Crippen LogP contribution in [0.5, 0.6) is 0 Å². The van der Waals surface area contributed by atoms with Crippen LogP contribution in [0.2, 0.25) is 0 Å². The second-order valence-electron chi connectivity index (χ2n) is 7.52. The average molecular weight is 438 g/mol. The van der Waals surface area contributed by atoms with Crippen LogP contribution in [0.25, 0.3) is 0 Å². The summed E-state index contributed by atoms with van der Waals surface area (Å²) in [7, 11) is 0. The number of carbonyl (C=O) groups is 2. The smallest absolute Gasteiger partial charge is 0.361 e. The van der Waals surface area contributed by atoms with Crippen LogP contribution >= 0.6 is 0 Å². The third kappa shape index (κ3) is 5.77. The maximum atomic E-state index is 12.6. The summed E-state index contributed by atoms with van der Waals surface area (Å²) < 4.78 is 42.9. The highest BCUT2D eigenvalue weighted by Gasteiger charge is 2.30. The molecule has 1 aromatic carbocycles. The monoisotopic (exact) mass is 438 g/mol. The minimum Gasteiger partial charge on any atom is -0.361 e. The highest BCUT2D eigenvalue weighted by atomic mass is 19.4. The Bertz CT molecular complexity index is 897. The second kappa shape index (κ2) is 9.40. The summed E-state index contributed by atoms with van der Waals surface area (Å²) in [5, 5.41) is 6.64. The van der Waals surface area contributed by atoms with Crippen molar-refractivity contribution >= 4 is 11.9 Å². The predicted molar refractivity (Wildman–Crippen MR) is 106 cm³/mol. The fourth-order valence-corrected chi connectivity index (χ4v) is 3.46. The van der Waals surface area contributed by atoms with Crippen LogP contribution in [0.15, 0.2) is 28.8 Å². The molecule has 0 bridgehead atoms. The molecule has 1 N–H and O–H groups in total. The number of aromatic nitrogens is 1. The molecule has 31 heavy (non-hydrogen) atoms. The third-order valence-corrected chi connectivity index (χ3v) is 5.40. The number of carbonyl (C=O) groups excluding carboxylic acids is 2. The number of rotatable bonds is 5. The van der Waals surface area contributed by atoms with E-state index in [9.17, 15) is 22.8 Å². The van der Waals surface area contributed by atoms with Crippen molar-refractivity contribution in [3.63, 3.8) is 0 Å². The van der Waals surface area contributed by atoms with E-state index in [4.69, 9.17) is 4.52 Å². The zero-order valence-corrected chi connectivity index (χ0v) is 17.5. The second-order valence-corrected chi connectivity index (χ2v) is 7.52. The molecule has 2 heterocycles. The van der Waals surface area contributed by atoms with E-state index < -0.39 is 11.7 Å². The zero-order chi connectivity index (χ0) is 22.6. The number of halogens is 3. The molecule has 0 aliphatic carbocycles. The summed E-state index contributed by atoms with van der Waals surface area (Å²) in [6.07, 6.45) is -3.70. The summed E-state index contributed by atoms with van der Waals surface area (Å²) in [5.74, 6) is 0.605. The number of hydrogen-bond donors (Lipinski definition) is 1. The van der Waals surface area contributed by atoms with E-state index >= 15 is 0 Å². The normalized spacial score (nSPS) is 14.6. The lowest BCUT2D eigenvalue weighted by Crippen LogP contribution is -2.53. The van der Waals surface area contributed by atoms with E-state index in [-0.39, 0.29) is 18.4 Å². The fraction of sp³-hybridized carbons (Fsp3) is 0.476. The van der Waals surface area contributed by atoms with Gasteiger partial charge in [-0.2, -0.15) is 13.2 Å². The molecule has 0 saturated carbocycles. The topological polar surface area (TPSA) is 78.7 Å². The summed E-state index contributed by atoms with van der Waals surface area (Å²) >= 11 is 0. The lowest BCUT2D eigenvalue weighted by atomic mass is 10.1. The Hall–Kier alpha value is -3.04. The lowest BCUT2D eigenvalue weighted by molar-refractivity contribution is -0.137. The minimum absolute atomic E-state index is 0.0308. The molecule has 0 radical (unpaired) electrons.